The van der Waals surface area contributed by atoms with Crippen molar-refractivity contribution in [2.75, 3.05) is 0 Å². The quantitative estimate of drug-likeness (QED) is 0.193. The molecular weight excluding hydrogens is 360 g/mol. The van der Waals surface area contributed by atoms with Crippen LogP contribution in [0, 0.1) is 11.8 Å². The van der Waals surface area contributed by atoms with Crippen molar-refractivity contribution in [2.24, 2.45) is 11.8 Å². The van der Waals surface area contributed by atoms with Gasteiger partial charge in [0.1, 0.15) is 0 Å². The zero-order valence-electron chi connectivity index (χ0n) is 21.5. The van der Waals surface area contributed by atoms with Crippen LogP contribution in [-0.4, -0.2) is 0 Å². The largest absolute Gasteiger partial charge is 0.0654 e. The minimum Gasteiger partial charge on any atom is -0.0654 e. The number of unbranched alkanes of at least 4 members (excludes halogenated alkanes) is 13. The van der Waals surface area contributed by atoms with Crippen LogP contribution in [0.3, 0.4) is 0 Å². The topological polar surface area (TPSA) is 0 Å². The van der Waals surface area contributed by atoms with Crippen LogP contribution in [0.1, 0.15) is 181 Å². The van der Waals surface area contributed by atoms with Gasteiger partial charge in [0.2, 0.25) is 0 Å². The summed E-state index contributed by atoms with van der Waals surface area (Å²) < 4.78 is 0. The van der Waals surface area contributed by atoms with Crippen molar-refractivity contribution in [3.05, 3.63) is 0 Å². The molecule has 1 saturated carbocycles. The van der Waals surface area contributed by atoms with Crippen molar-refractivity contribution in [3.63, 3.8) is 0 Å². The predicted molar refractivity (Wildman–Crippen MR) is 138 cm³/mol. The molecule has 0 aromatic rings. The minimum atomic E-state index is 1.05. The predicted octanol–water partition coefficient (Wildman–Crippen LogP) is 11.4. The zero-order valence-corrected chi connectivity index (χ0v) is 21.5. The first-order valence-electron chi connectivity index (χ1n) is 14.9. The lowest BCUT2D eigenvalue weighted by molar-refractivity contribution is 0.234. The normalized spacial score (nSPS) is 17.8. The Morgan fingerprint density at radius 3 is 1.23 bits per heavy atom. The van der Waals surface area contributed by atoms with Gasteiger partial charge in [0.05, 0.1) is 0 Å². The lowest BCUT2D eigenvalue weighted by Crippen LogP contribution is -2.16. The molecule has 0 bridgehead atoms. The Labute approximate surface area is 192 Å². The van der Waals surface area contributed by atoms with Gasteiger partial charge in [0.15, 0.2) is 0 Å². The second-order valence-electron chi connectivity index (χ2n) is 10.7. The molecule has 1 aliphatic rings. The van der Waals surface area contributed by atoms with Crippen molar-refractivity contribution in [2.45, 2.75) is 181 Å². The maximum atomic E-state index is 2.36. The van der Waals surface area contributed by atoms with Gasteiger partial charge in [-0.1, -0.05) is 181 Å². The molecule has 0 spiro atoms. The third kappa shape index (κ3) is 16.7. The highest BCUT2D eigenvalue weighted by atomic mass is 14.3. The fourth-order valence-corrected chi connectivity index (χ4v) is 5.83. The highest BCUT2D eigenvalue weighted by Gasteiger charge is 2.21. The molecule has 1 fully saturated rings. The molecule has 0 radical (unpaired) electrons. The zero-order chi connectivity index (χ0) is 21.5. The summed E-state index contributed by atoms with van der Waals surface area (Å²) in [5, 5.41) is 0. The maximum Gasteiger partial charge on any atom is -0.0386 e. The van der Waals surface area contributed by atoms with Gasteiger partial charge in [-0.25, -0.2) is 0 Å². The lowest BCUT2D eigenvalue weighted by Gasteiger charge is -2.28. The fourth-order valence-electron chi connectivity index (χ4n) is 5.83. The number of rotatable bonds is 18. The lowest BCUT2D eigenvalue weighted by atomic mass is 9.77. The van der Waals surface area contributed by atoms with Crippen LogP contribution >= 0.6 is 0 Å². The van der Waals surface area contributed by atoms with E-state index in [1.54, 1.807) is 19.3 Å². The molecule has 0 aromatic heterocycles. The summed E-state index contributed by atoms with van der Waals surface area (Å²) in [6, 6.07) is 0. The van der Waals surface area contributed by atoms with Crippen LogP contribution in [0.5, 0.6) is 0 Å². The Hall–Kier alpha value is 0. The molecule has 0 aromatic carbocycles. The third-order valence-electron chi connectivity index (χ3n) is 7.92. The standard InChI is InChI=1S/C30H60/c1-3-5-7-8-9-10-11-12-13-15-18-22-26-29(25-21-6-4-2)30-27-23-19-16-14-17-20-24-28-30/h29-30H,3-28H2,1-2H3. The van der Waals surface area contributed by atoms with Gasteiger partial charge in [-0.2, -0.15) is 0 Å². The van der Waals surface area contributed by atoms with Crippen LogP contribution in [0.4, 0.5) is 0 Å². The molecule has 1 aliphatic carbocycles. The van der Waals surface area contributed by atoms with Gasteiger partial charge in [-0.3, -0.25) is 0 Å². The Morgan fingerprint density at radius 1 is 0.433 bits per heavy atom. The van der Waals surface area contributed by atoms with E-state index in [4.69, 9.17) is 0 Å². The summed E-state index contributed by atoms with van der Waals surface area (Å²) in [6.07, 6.45) is 38.9. The fraction of sp³-hybridized carbons (Fsp3) is 1.00. The maximum absolute atomic E-state index is 2.36. The van der Waals surface area contributed by atoms with Crippen molar-refractivity contribution in [3.8, 4) is 0 Å². The van der Waals surface area contributed by atoms with Crippen molar-refractivity contribution in [1.82, 2.24) is 0 Å². The Kier molecular flexibility index (Phi) is 20.7. The summed E-state index contributed by atoms with van der Waals surface area (Å²) in [7, 11) is 0. The molecule has 1 atom stereocenters. The first kappa shape index (κ1) is 28.0. The smallest absolute Gasteiger partial charge is 0.0386 e. The average molecular weight is 421 g/mol. The van der Waals surface area contributed by atoms with E-state index in [2.05, 4.69) is 13.8 Å². The second kappa shape index (κ2) is 22.2. The van der Waals surface area contributed by atoms with E-state index in [1.165, 1.54) is 148 Å². The molecule has 180 valence electrons. The summed E-state index contributed by atoms with van der Waals surface area (Å²) >= 11 is 0. The van der Waals surface area contributed by atoms with Crippen LogP contribution in [0.15, 0.2) is 0 Å². The van der Waals surface area contributed by atoms with E-state index in [0.29, 0.717) is 0 Å². The molecular formula is C30H60. The SMILES string of the molecule is CCCCCCCCCCCCCCC(CCCCC)C1CCCCCCCCC1. The van der Waals surface area contributed by atoms with Crippen LogP contribution in [0.25, 0.3) is 0 Å². The van der Waals surface area contributed by atoms with Gasteiger partial charge in [0.25, 0.3) is 0 Å². The van der Waals surface area contributed by atoms with Crippen molar-refractivity contribution in [1.29, 1.82) is 0 Å². The molecule has 0 nitrogen and oxygen atoms in total. The minimum absolute atomic E-state index is 1.05. The first-order chi connectivity index (χ1) is 14.9. The van der Waals surface area contributed by atoms with E-state index in [9.17, 15) is 0 Å². The van der Waals surface area contributed by atoms with E-state index in [1.807, 2.05) is 0 Å². The average Bonchev–Trinajstić information content (AvgIpc) is 2.77. The summed E-state index contributed by atoms with van der Waals surface area (Å²) in [5.74, 6) is 2.12. The molecule has 0 heteroatoms. The molecule has 0 saturated heterocycles. The Morgan fingerprint density at radius 2 is 0.767 bits per heavy atom. The Bertz CT molecular complexity index is 310. The van der Waals surface area contributed by atoms with Gasteiger partial charge >= 0.3 is 0 Å². The van der Waals surface area contributed by atoms with E-state index in [-0.39, 0.29) is 0 Å². The van der Waals surface area contributed by atoms with E-state index < -0.39 is 0 Å². The van der Waals surface area contributed by atoms with Gasteiger partial charge in [-0.15, -0.1) is 0 Å². The third-order valence-corrected chi connectivity index (χ3v) is 7.92. The molecule has 0 heterocycles. The monoisotopic (exact) mass is 420 g/mol. The highest BCUT2D eigenvalue weighted by Crippen LogP contribution is 2.34. The number of hydrogen-bond donors (Lipinski definition) is 0. The van der Waals surface area contributed by atoms with E-state index >= 15 is 0 Å². The first-order valence-corrected chi connectivity index (χ1v) is 14.9. The molecule has 1 unspecified atom stereocenters. The van der Waals surface area contributed by atoms with Gasteiger partial charge in [0, 0.05) is 0 Å². The molecule has 30 heavy (non-hydrogen) atoms. The molecule has 0 amide bonds. The summed E-state index contributed by atoms with van der Waals surface area (Å²) in [4.78, 5) is 0. The highest BCUT2D eigenvalue weighted by molar-refractivity contribution is 4.72. The molecule has 1 rings (SSSR count). The van der Waals surface area contributed by atoms with Crippen molar-refractivity contribution < 1.29 is 0 Å². The molecule has 0 aliphatic heterocycles. The second-order valence-corrected chi connectivity index (χ2v) is 10.7. The summed E-state index contributed by atoms with van der Waals surface area (Å²) in [6.45, 7) is 4.68. The van der Waals surface area contributed by atoms with Crippen LogP contribution < -0.4 is 0 Å². The number of hydrogen-bond acceptors (Lipinski definition) is 0. The summed E-state index contributed by atoms with van der Waals surface area (Å²) in [5.41, 5.74) is 0. The van der Waals surface area contributed by atoms with Crippen LogP contribution in [-0.2, 0) is 0 Å². The molecule has 0 N–H and O–H groups in total. The van der Waals surface area contributed by atoms with Gasteiger partial charge in [-0.05, 0) is 11.8 Å². The van der Waals surface area contributed by atoms with E-state index in [0.717, 1.165) is 11.8 Å². The van der Waals surface area contributed by atoms with Crippen LogP contribution in [0.2, 0.25) is 0 Å². The Balaban J connectivity index is 2.16. The van der Waals surface area contributed by atoms with Gasteiger partial charge < -0.3 is 0 Å². The van der Waals surface area contributed by atoms with Crippen molar-refractivity contribution >= 4 is 0 Å².